The highest BCUT2D eigenvalue weighted by Gasteiger charge is 2.07. The lowest BCUT2D eigenvalue weighted by Gasteiger charge is -2.10. The number of ether oxygens (including phenoxy) is 1. The Hall–Kier alpha value is -3.18. The fourth-order valence-electron chi connectivity index (χ4n) is 2.54. The van der Waals surface area contributed by atoms with E-state index >= 15 is 0 Å². The highest BCUT2D eigenvalue weighted by Crippen LogP contribution is 2.22. The molecule has 0 heterocycles. The lowest BCUT2D eigenvalue weighted by Crippen LogP contribution is -2.18. The first-order chi connectivity index (χ1) is 13.5. The molecule has 0 aliphatic rings. The van der Waals surface area contributed by atoms with E-state index in [9.17, 15) is 9.18 Å². The minimum absolute atomic E-state index is 0.262. The fraction of sp³-hybridized carbons (Fsp3) is 0.0909. The van der Waals surface area contributed by atoms with Crippen molar-refractivity contribution in [1.29, 1.82) is 0 Å². The summed E-state index contributed by atoms with van der Waals surface area (Å²) < 4.78 is 18.8. The van der Waals surface area contributed by atoms with Gasteiger partial charge in [0.1, 0.15) is 18.2 Å². The topological polar surface area (TPSA) is 50.7 Å². The van der Waals surface area contributed by atoms with E-state index in [-0.39, 0.29) is 18.3 Å². The van der Waals surface area contributed by atoms with Crippen molar-refractivity contribution in [2.45, 2.75) is 13.5 Å². The van der Waals surface area contributed by atoms with Crippen LogP contribution in [-0.4, -0.2) is 12.1 Å². The Labute approximate surface area is 167 Å². The monoisotopic (exact) mass is 396 g/mol. The fourth-order valence-corrected chi connectivity index (χ4v) is 2.72. The van der Waals surface area contributed by atoms with Crippen molar-refractivity contribution in [1.82, 2.24) is 5.43 Å². The third-order valence-electron chi connectivity index (χ3n) is 4.04. The molecule has 0 spiro atoms. The van der Waals surface area contributed by atoms with Gasteiger partial charge in [-0.15, -0.1) is 0 Å². The third kappa shape index (κ3) is 5.18. The van der Waals surface area contributed by atoms with E-state index in [0.717, 1.165) is 11.1 Å². The van der Waals surface area contributed by atoms with Crippen LogP contribution < -0.4 is 10.2 Å². The molecule has 6 heteroatoms. The van der Waals surface area contributed by atoms with Gasteiger partial charge >= 0.3 is 0 Å². The highest BCUT2D eigenvalue weighted by atomic mass is 35.5. The number of nitrogens with zero attached hydrogens (tertiary/aromatic N) is 1. The summed E-state index contributed by atoms with van der Waals surface area (Å²) in [5.74, 6) is -0.0553. The summed E-state index contributed by atoms with van der Waals surface area (Å²) in [5, 5.41) is 4.53. The van der Waals surface area contributed by atoms with Gasteiger partial charge in [-0.1, -0.05) is 41.9 Å². The van der Waals surface area contributed by atoms with Crippen LogP contribution in [0.2, 0.25) is 5.02 Å². The molecule has 0 saturated carbocycles. The number of carbonyl (C=O) groups is 1. The Balaban J connectivity index is 1.69. The van der Waals surface area contributed by atoms with Gasteiger partial charge < -0.3 is 4.74 Å². The molecular weight excluding hydrogens is 379 g/mol. The second-order valence-corrected chi connectivity index (χ2v) is 6.55. The van der Waals surface area contributed by atoms with Crippen LogP contribution in [0.15, 0.2) is 71.8 Å². The van der Waals surface area contributed by atoms with Crippen LogP contribution in [0.3, 0.4) is 0 Å². The molecule has 142 valence electrons. The molecule has 0 aliphatic carbocycles. The number of benzene rings is 3. The summed E-state index contributed by atoms with van der Waals surface area (Å²) >= 11 is 6.06. The van der Waals surface area contributed by atoms with E-state index in [2.05, 4.69) is 10.5 Å². The highest BCUT2D eigenvalue weighted by molar-refractivity contribution is 6.30. The molecular formula is C22H18ClFN2O2. The molecule has 0 radical (unpaired) electrons. The Bertz CT molecular complexity index is 1000. The Kier molecular flexibility index (Phi) is 6.40. The largest absolute Gasteiger partial charge is 0.488 e. The minimum atomic E-state index is -0.301. The molecule has 0 atom stereocenters. The average Bonchev–Trinajstić information content (AvgIpc) is 2.69. The Morgan fingerprint density at radius 2 is 1.89 bits per heavy atom. The van der Waals surface area contributed by atoms with Crippen molar-refractivity contribution in [2.75, 3.05) is 0 Å². The number of hydrazone groups is 1. The molecule has 0 fully saturated rings. The Morgan fingerprint density at radius 3 is 2.64 bits per heavy atom. The summed E-state index contributed by atoms with van der Waals surface area (Å²) in [7, 11) is 0. The molecule has 1 N–H and O–H groups in total. The first-order valence-electron chi connectivity index (χ1n) is 8.59. The van der Waals surface area contributed by atoms with Crippen LogP contribution in [0.4, 0.5) is 4.39 Å². The average molecular weight is 397 g/mol. The normalized spacial score (nSPS) is 10.8. The first-order valence-corrected chi connectivity index (χ1v) is 8.96. The van der Waals surface area contributed by atoms with Crippen LogP contribution in [0.1, 0.15) is 27.0 Å². The summed E-state index contributed by atoms with van der Waals surface area (Å²) in [4.78, 5) is 12.2. The smallest absolute Gasteiger partial charge is 0.271 e. The van der Waals surface area contributed by atoms with Crippen LogP contribution in [-0.2, 0) is 6.61 Å². The van der Waals surface area contributed by atoms with Gasteiger partial charge in [-0.25, -0.2) is 9.82 Å². The van der Waals surface area contributed by atoms with Crippen molar-refractivity contribution in [3.05, 3.63) is 99.8 Å². The summed E-state index contributed by atoms with van der Waals surface area (Å²) in [6.45, 7) is 2.12. The second-order valence-electron chi connectivity index (χ2n) is 6.11. The van der Waals surface area contributed by atoms with Gasteiger partial charge in [0.25, 0.3) is 5.91 Å². The van der Waals surface area contributed by atoms with Gasteiger partial charge in [0.15, 0.2) is 0 Å². The summed E-state index contributed by atoms with van der Waals surface area (Å²) in [5.41, 5.74) is 5.36. The van der Waals surface area contributed by atoms with E-state index in [4.69, 9.17) is 16.3 Å². The quantitative estimate of drug-likeness (QED) is 0.464. The molecule has 1 amide bonds. The maximum absolute atomic E-state index is 13.0. The number of rotatable bonds is 6. The van der Waals surface area contributed by atoms with E-state index in [1.807, 2.05) is 19.1 Å². The molecule has 0 saturated heterocycles. The number of amides is 1. The van der Waals surface area contributed by atoms with Gasteiger partial charge in [-0.05, 0) is 54.4 Å². The summed E-state index contributed by atoms with van der Waals surface area (Å²) in [6.07, 6.45) is 1.47. The van der Waals surface area contributed by atoms with Gasteiger partial charge in [-0.2, -0.15) is 5.10 Å². The molecule has 0 unspecified atom stereocenters. The maximum atomic E-state index is 13.0. The molecule has 3 aromatic carbocycles. The minimum Gasteiger partial charge on any atom is -0.488 e. The van der Waals surface area contributed by atoms with E-state index in [0.29, 0.717) is 21.9 Å². The van der Waals surface area contributed by atoms with Gasteiger partial charge in [0.05, 0.1) is 6.21 Å². The molecule has 3 rings (SSSR count). The van der Waals surface area contributed by atoms with Crippen LogP contribution >= 0.6 is 11.6 Å². The Morgan fingerprint density at radius 1 is 1.14 bits per heavy atom. The standard InChI is InChI=1S/C22H18ClFN2O2/c1-15-4-2-3-5-20(15)22(27)26-25-13-17-12-18(23)8-11-21(17)28-14-16-6-9-19(24)10-7-16/h2-13H,14H2,1H3,(H,26,27)/b25-13+. The molecule has 0 bridgehead atoms. The lowest BCUT2D eigenvalue weighted by molar-refractivity contribution is 0.0954. The number of halogens is 2. The van der Waals surface area contributed by atoms with Crippen molar-refractivity contribution >= 4 is 23.7 Å². The molecule has 28 heavy (non-hydrogen) atoms. The maximum Gasteiger partial charge on any atom is 0.271 e. The van der Waals surface area contributed by atoms with Crippen LogP contribution in [0, 0.1) is 12.7 Å². The number of nitrogens with one attached hydrogen (secondary N) is 1. The molecule has 3 aromatic rings. The molecule has 0 aromatic heterocycles. The van der Waals surface area contributed by atoms with Crippen molar-refractivity contribution in [3.8, 4) is 5.75 Å². The predicted molar refractivity (Wildman–Crippen MR) is 108 cm³/mol. The number of hydrogen-bond acceptors (Lipinski definition) is 3. The first kappa shape index (κ1) is 19.6. The van der Waals surface area contributed by atoms with Gasteiger partial charge in [0.2, 0.25) is 0 Å². The van der Waals surface area contributed by atoms with Gasteiger partial charge in [-0.3, -0.25) is 4.79 Å². The third-order valence-corrected chi connectivity index (χ3v) is 4.27. The van der Waals surface area contributed by atoms with Crippen molar-refractivity contribution in [3.63, 3.8) is 0 Å². The predicted octanol–water partition coefficient (Wildman–Crippen LogP) is 5.13. The molecule has 0 aliphatic heterocycles. The second kappa shape index (κ2) is 9.15. The number of hydrogen-bond donors (Lipinski definition) is 1. The van der Waals surface area contributed by atoms with Gasteiger partial charge in [0, 0.05) is 16.1 Å². The van der Waals surface area contributed by atoms with Crippen LogP contribution in [0.25, 0.3) is 0 Å². The van der Waals surface area contributed by atoms with Crippen LogP contribution in [0.5, 0.6) is 5.75 Å². The zero-order valence-electron chi connectivity index (χ0n) is 15.2. The zero-order valence-corrected chi connectivity index (χ0v) is 15.9. The zero-order chi connectivity index (χ0) is 19.9. The van der Waals surface area contributed by atoms with E-state index in [1.165, 1.54) is 18.3 Å². The van der Waals surface area contributed by atoms with Crippen molar-refractivity contribution in [2.24, 2.45) is 5.10 Å². The lowest BCUT2D eigenvalue weighted by atomic mass is 10.1. The number of aryl methyl sites for hydroxylation is 1. The SMILES string of the molecule is Cc1ccccc1C(=O)N/N=C/c1cc(Cl)ccc1OCc1ccc(F)cc1. The number of carbonyl (C=O) groups excluding carboxylic acids is 1. The molecule has 4 nitrogen and oxygen atoms in total. The van der Waals surface area contributed by atoms with E-state index < -0.39 is 0 Å². The van der Waals surface area contributed by atoms with E-state index in [1.54, 1.807) is 42.5 Å². The van der Waals surface area contributed by atoms with Crippen molar-refractivity contribution < 1.29 is 13.9 Å². The summed E-state index contributed by atoms with van der Waals surface area (Å²) in [6, 6.07) is 18.4.